The normalized spacial score (nSPS) is 18.9. The van der Waals surface area contributed by atoms with Crippen LogP contribution in [0.15, 0.2) is 42.9 Å². The number of likely N-dealkylation sites (tertiary alicyclic amines) is 1. The lowest BCUT2D eigenvalue weighted by Crippen LogP contribution is -2.23. The third kappa shape index (κ3) is 3.22. The Bertz CT molecular complexity index is 582. The number of hydrogen-bond donors (Lipinski definition) is 0. The van der Waals surface area contributed by atoms with E-state index in [0.29, 0.717) is 6.04 Å². The lowest BCUT2D eigenvalue weighted by Gasteiger charge is -2.25. The molecule has 110 valence electrons. The highest BCUT2D eigenvalue weighted by Gasteiger charge is 2.26. The summed E-state index contributed by atoms with van der Waals surface area (Å²) in [7, 11) is 4.07. The van der Waals surface area contributed by atoms with E-state index < -0.39 is 0 Å². The van der Waals surface area contributed by atoms with E-state index in [1.807, 2.05) is 38.8 Å². The highest BCUT2D eigenvalue weighted by atomic mass is 15.2. The average molecular weight is 282 g/mol. The second-order valence-corrected chi connectivity index (χ2v) is 5.83. The maximum atomic E-state index is 4.42. The van der Waals surface area contributed by atoms with Crippen LogP contribution in [0.4, 0.5) is 5.82 Å². The Hall–Kier alpha value is -1.94. The molecule has 0 aromatic carbocycles. The van der Waals surface area contributed by atoms with Gasteiger partial charge >= 0.3 is 0 Å². The van der Waals surface area contributed by atoms with Crippen LogP contribution in [0.3, 0.4) is 0 Å². The third-order valence-electron chi connectivity index (χ3n) is 4.08. The average Bonchev–Trinajstić information content (AvgIpc) is 2.96. The summed E-state index contributed by atoms with van der Waals surface area (Å²) in [6, 6.07) is 9.02. The number of pyridine rings is 2. The zero-order valence-electron chi connectivity index (χ0n) is 12.7. The van der Waals surface area contributed by atoms with Crippen LogP contribution >= 0.6 is 0 Å². The predicted octanol–water partition coefficient (Wildman–Crippen LogP) is 2.88. The Kier molecular flexibility index (Phi) is 4.15. The molecule has 1 unspecified atom stereocenters. The van der Waals surface area contributed by atoms with E-state index in [2.05, 4.69) is 38.0 Å². The Morgan fingerprint density at radius 1 is 1.29 bits per heavy atom. The van der Waals surface area contributed by atoms with Gasteiger partial charge in [0.1, 0.15) is 5.82 Å². The topological polar surface area (TPSA) is 32.3 Å². The molecule has 1 atom stereocenters. The Morgan fingerprint density at radius 3 is 2.95 bits per heavy atom. The smallest absolute Gasteiger partial charge is 0.128 e. The van der Waals surface area contributed by atoms with Crippen LogP contribution in [-0.4, -0.2) is 35.5 Å². The third-order valence-corrected chi connectivity index (χ3v) is 4.08. The summed E-state index contributed by atoms with van der Waals surface area (Å²) < 4.78 is 0. The zero-order valence-corrected chi connectivity index (χ0v) is 12.7. The van der Waals surface area contributed by atoms with Crippen molar-refractivity contribution in [1.29, 1.82) is 0 Å². The van der Waals surface area contributed by atoms with Gasteiger partial charge in [0, 0.05) is 45.3 Å². The Labute approximate surface area is 126 Å². The van der Waals surface area contributed by atoms with Gasteiger partial charge in [0.25, 0.3) is 0 Å². The molecule has 3 heterocycles. The number of nitrogens with zero attached hydrogens (tertiary/aromatic N) is 4. The van der Waals surface area contributed by atoms with Gasteiger partial charge in [0.15, 0.2) is 0 Å². The molecule has 0 N–H and O–H groups in total. The molecular weight excluding hydrogens is 260 g/mol. The predicted molar refractivity (Wildman–Crippen MR) is 85.2 cm³/mol. The van der Waals surface area contributed by atoms with E-state index in [9.17, 15) is 0 Å². The van der Waals surface area contributed by atoms with E-state index in [-0.39, 0.29) is 0 Å². The van der Waals surface area contributed by atoms with Gasteiger partial charge in [0.05, 0.1) is 0 Å². The Morgan fingerprint density at radius 2 is 2.19 bits per heavy atom. The summed E-state index contributed by atoms with van der Waals surface area (Å²) in [5, 5.41) is 0. The van der Waals surface area contributed by atoms with E-state index >= 15 is 0 Å². The summed E-state index contributed by atoms with van der Waals surface area (Å²) in [5.74, 6) is 1.03. The quantitative estimate of drug-likeness (QED) is 0.863. The molecule has 0 bridgehead atoms. The molecule has 1 aliphatic heterocycles. The van der Waals surface area contributed by atoms with Crippen molar-refractivity contribution >= 4 is 5.82 Å². The molecule has 4 nitrogen and oxygen atoms in total. The summed E-state index contributed by atoms with van der Waals surface area (Å²) in [5.41, 5.74) is 2.65. The van der Waals surface area contributed by atoms with Crippen molar-refractivity contribution in [1.82, 2.24) is 14.9 Å². The number of aromatic nitrogens is 2. The maximum absolute atomic E-state index is 4.42. The van der Waals surface area contributed by atoms with Gasteiger partial charge < -0.3 is 4.90 Å². The van der Waals surface area contributed by atoms with E-state index in [0.717, 1.165) is 18.9 Å². The van der Waals surface area contributed by atoms with Crippen molar-refractivity contribution in [3.05, 3.63) is 54.0 Å². The van der Waals surface area contributed by atoms with Gasteiger partial charge in [-0.15, -0.1) is 0 Å². The fraction of sp³-hybridized carbons (Fsp3) is 0.412. The van der Waals surface area contributed by atoms with E-state index in [1.54, 1.807) is 0 Å². The summed E-state index contributed by atoms with van der Waals surface area (Å²) in [6.07, 6.45) is 8.19. The monoisotopic (exact) mass is 282 g/mol. The van der Waals surface area contributed by atoms with Crippen LogP contribution in [0.25, 0.3) is 0 Å². The van der Waals surface area contributed by atoms with Crippen LogP contribution < -0.4 is 4.90 Å². The maximum Gasteiger partial charge on any atom is 0.128 e. The zero-order chi connectivity index (χ0) is 14.7. The minimum Gasteiger partial charge on any atom is -0.363 e. The molecular formula is C17H22N4. The van der Waals surface area contributed by atoms with Gasteiger partial charge in [-0.3, -0.25) is 9.88 Å². The minimum absolute atomic E-state index is 0.493. The minimum atomic E-state index is 0.493. The fourth-order valence-corrected chi connectivity index (χ4v) is 3.01. The summed E-state index contributed by atoms with van der Waals surface area (Å²) >= 11 is 0. The summed E-state index contributed by atoms with van der Waals surface area (Å²) in [6.45, 7) is 2.12. The molecule has 1 saturated heterocycles. The first-order valence-electron chi connectivity index (χ1n) is 7.50. The van der Waals surface area contributed by atoms with Gasteiger partial charge in [-0.25, -0.2) is 4.98 Å². The molecule has 3 rings (SSSR count). The van der Waals surface area contributed by atoms with Crippen molar-refractivity contribution in [3.63, 3.8) is 0 Å². The van der Waals surface area contributed by atoms with Gasteiger partial charge in [-0.05, 0) is 48.7 Å². The lowest BCUT2D eigenvalue weighted by atomic mass is 10.1. The molecule has 0 amide bonds. The van der Waals surface area contributed by atoms with E-state index in [1.165, 1.54) is 24.0 Å². The molecule has 0 aliphatic carbocycles. The van der Waals surface area contributed by atoms with Crippen LogP contribution in [-0.2, 0) is 6.54 Å². The van der Waals surface area contributed by atoms with Crippen molar-refractivity contribution < 1.29 is 0 Å². The molecule has 0 radical (unpaired) electrons. The Balaban J connectivity index is 1.79. The van der Waals surface area contributed by atoms with Gasteiger partial charge in [0.2, 0.25) is 0 Å². The first-order chi connectivity index (χ1) is 10.2. The largest absolute Gasteiger partial charge is 0.363 e. The van der Waals surface area contributed by atoms with Crippen LogP contribution in [0.2, 0.25) is 0 Å². The lowest BCUT2D eigenvalue weighted by molar-refractivity contribution is 0.248. The van der Waals surface area contributed by atoms with Crippen molar-refractivity contribution in [2.45, 2.75) is 25.4 Å². The molecule has 21 heavy (non-hydrogen) atoms. The first kappa shape index (κ1) is 14.0. The van der Waals surface area contributed by atoms with E-state index in [4.69, 9.17) is 0 Å². The van der Waals surface area contributed by atoms with Gasteiger partial charge in [-0.2, -0.15) is 0 Å². The fourth-order valence-electron chi connectivity index (χ4n) is 3.01. The number of anilines is 1. The SMILES string of the molecule is CN(C)c1cc(C2CCCN2Cc2cccnc2)ccn1. The van der Waals surface area contributed by atoms with Crippen LogP contribution in [0.5, 0.6) is 0 Å². The van der Waals surface area contributed by atoms with Gasteiger partial charge in [-0.1, -0.05) is 6.07 Å². The standard InChI is InChI=1S/C17H22N4/c1-20(2)17-11-15(7-9-19-17)16-6-4-10-21(16)13-14-5-3-8-18-12-14/h3,5,7-9,11-12,16H,4,6,10,13H2,1-2H3. The van der Waals surface area contributed by atoms with Crippen molar-refractivity contribution in [2.24, 2.45) is 0 Å². The molecule has 0 spiro atoms. The molecule has 0 saturated carbocycles. The number of rotatable bonds is 4. The second kappa shape index (κ2) is 6.22. The highest BCUT2D eigenvalue weighted by Crippen LogP contribution is 2.33. The molecule has 1 fully saturated rings. The highest BCUT2D eigenvalue weighted by molar-refractivity contribution is 5.40. The number of hydrogen-bond acceptors (Lipinski definition) is 4. The molecule has 2 aromatic rings. The molecule has 1 aliphatic rings. The van der Waals surface area contributed by atoms with Crippen LogP contribution in [0.1, 0.15) is 30.0 Å². The second-order valence-electron chi connectivity index (χ2n) is 5.83. The van der Waals surface area contributed by atoms with Crippen LogP contribution in [0, 0.1) is 0 Å². The van der Waals surface area contributed by atoms with Crippen molar-refractivity contribution in [2.75, 3.05) is 25.5 Å². The first-order valence-corrected chi connectivity index (χ1v) is 7.50. The van der Waals surface area contributed by atoms with Crippen molar-refractivity contribution in [3.8, 4) is 0 Å². The molecule has 2 aromatic heterocycles. The summed E-state index contributed by atoms with van der Waals surface area (Å²) in [4.78, 5) is 13.2. The molecule has 4 heteroatoms.